The van der Waals surface area contributed by atoms with Crippen molar-refractivity contribution in [3.63, 3.8) is 0 Å². The molecule has 2 aromatic heterocycles. The highest BCUT2D eigenvalue weighted by Crippen LogP contribution is 2.35. The van der Waals surface area contributed by atoms with Gasteiger partial charge in [0.15, 0.2) is 0 Å². The minimum atomic E-state index is -0.956. The monoisotopic (exact) mass is 425 g/mol. The van der Waals surface area contributed by atoms with Crippen LogP contribution >= 0.6 is 0 Å². The van der Waals surface area contributed by atoms with Crippen molar-refractivity contribution in [3.05, 3.63) is 36.2 Å². The highest BCUT2D eigenvalue weighted by atomic mass is 16.3. The Labute approximate surface area is 185 Å². The van der Waals surface area contributed by atoms with Crippen molar-refractivity contribution in [1.82, 2.24) is 14.8 Å². The molecule has 168 valence electrons. The molecule has 1 aliphatic heterocycles. The lowest BCUT2D eigenvalue weighted by atomic mass is 9.90. The molecular weight excluding hydrogens is 390 g/mol. The molecule has 2 aliphatic rings. The SMILES string of the molecule is CC[C@@H](C)N1C(=O)c2ccc(-c3ccco3)n2C[C@]1(C)C(=O)NC1CCCCCCC1. The van der Waals surface area contributed by atoms with E-state index in [4.69, 9.17) is 4.42 Å². The van der Waals surface area contributed by atoms with Gasteiger partial charge in [-0.05, 0) is 57.4 Å². The fourth-order valence-corrected chi connectivity index (χ4v) is 5.19. The Morgan fingerprint density at radius 2 is 1.84 bits per heavy atom. The van der Waals surface area contributed by atoms with Gasteiger partial charge in [0, 0.05) is 12.1 Å². The van der Waals surface area contributed by atoms with Gasteiger partial charge in [0.2, 0.25) is 5.91 Å². The number of amides is 2. The number of carbonyl (C=O) groups excluding carboxylic acids is 2. The lowest BCUT2D eigenvalue weighted by Gasteiger charge is -2.47. The zero-order chi connectivity index (χ0) is 22.0. The fourth-order valence-electron chi connectivity index (χ4n) is 5.19. The summed E-state index contributed by atoms with van der Waals surface area (Å²) in [4.78, 5) is 29.2. The summed E-state index contributed by atoms with van der Waals surface area (Å²) >= 11 is 0. The maximum atomic E-state index is 13.8. The van der Waals surface area contributed by atoms with Crippen LogP contribution in [0.1, 0.15) is 82.6 Å². The molecule has 4 rings (SSSR count). The van der Waals surface area contributed by atoms with Crippen LogP contribution in [0.2, 0.25) is 0 Å². The maximum Gasteiger partial charge on any atom is 0.271 e. The van der Waals surface area contributed by atoms with Gasteiger partial charge in [0.1, 0.15) is 17.0 Å². The second-order valence-electron chi connectivity index (χ2n) is 9.39. The first-order valence-corrected chi connectivity index (χ1v) is 11.8. The Morgan fingerprint density at radius 3 is 2.48 bits per heavy atom. The van der Waals surface area contributed by atoms with E-state index >= 15 is 0 Å². The highest BCUT2D eigenvalue weighted by Gasteiger charge is 2.49. The molecule has 1 saturated carbocycles. The number of fused-ring (bicyclic) bond motifs is 1. The van der Waals surface area contributed by atoms with Crippen LogP contribution in [0.15, 0.2) is 34.9 Å². The van der Waals surface area contributed by atoms with Crippen molar-refractivity contribution in [1.29, 1.82) is 0 Å². The summed E-state index contributed by atoms with van der Waals surface area (Å²) in [7, 11) is 0. The summed E-state index contributed by atoms with van der Waals surface area (Å²) in [6.07, 6.45) is 10.5. The number of nitrogens with zero attached hydrogens (tertiary/aromatic N) is 2. The van der Waals surface area contributed by atoms with E-state index in [0.717, 1.165) is 37.8 Å². The van der Waals surface area contributed by atoms with Gasteiger partial charge in [-0.15, -0.1) is 0 Å². The van der Waals surface area contributed by atoms with Gasteiger partial charge in [0.05, 0.1) is 18.5 Å². The summed E-state index contributed by atoms with van der Waals surface area (Å²) in [6.45, 7) is 6.43. The van der Waals surface area contributed by atoms with Gasteiger partial charge < -0.3 is 19.2 Å². The molecule has 0 saturated heterocycles. The third-order valence-corrected chi connectivity index (χ3v) is 7.15. The first kappa shape index (κ1) is 21.7. The molecule has 0 unspecified atom stereocenters. The second-order valence-corrected chi connectivity index (χ2v) is 9.39. The predicted molar refractivity (Wildman–Crippen MR) is 121 cm³/mol. The molecule has 0 bridgehead atoms. The number of hydrogen-bond donors (Lipinski definition) is 1. The number of nitrogens with one attached hydrogen (secondary N) is 1. The number of aromatic nitrogens is 1. The summed E-state index contributed by atoms with van der Waals surface area (Å²) in [5.74, 6) is 0.573. The molecule has 0 aromatic carbocycles. The standard InChI is InChI=1S/C25H35N3O3/c1-4-18(2)28-23(29)21-15-14-20(22-13-10-16-31-22)27(21)17-25(28,3)24(30)26-19-11-8-6-5-7-9-12-19/h10,13-16,18-19H,4-9,11-12,17H2,1-3H3,(H,26,30)/t18-,25-/m1/s1. The normalized spacial score (nSPS) is 23.7. The summed E-state index contributed by atoms with van der Waals surface area (Å²) in [6, 6.07) is 7.65. The molecule has 6 nitrogen and oxygen atoms in total. The summed E-state index contributed by atoms with van der Waals surface area (Å²) < 4.78 is 7.56. The van der Waals surface area contributed by atoms with E-state index in [0.29, 0.717) is 18.0 Å². The Balaban J connectivity index is 1.67. The largest absolute Gasteiger partial charge is 0.463 e. The molecule has 2 amide bonds. The van der Waals surface area contributed by atoms with E-state index in [-0.39, 0.29) is 23.9 Å². The lowest BCUT2D eigenvalue weighted by molar-refractivity contribution is -0.135. The molecule has 0 spiro atoms. The van der Waals surface area contributed by atoms with E-state index in [1.165, 1.54) is 19.3 Å². The first-order chi connectivity index (χ1) is 15.0. The first-order valence-electron chi connectivity index (χ1n) is 11.8. The van der Waals surface area contributed by atoms with Crippen LogP contribution in [-0.4, -0.2) is 38.9 Å². The highest BCUT2D eigenvalue weighted by molar-refractivity contribution is 6.00. The Kier molecular flexibility index (Phi) is 6.26. The molecule has 1 aliphatic carbocycles. The summed E-state index contributed by atoms with van der Waals surface area (Å²) in [5, 5.41) is 3.33. The molecule has 1 N–H and O–H groups in total. The van der Waals surface area contributed by atoms with Gasteiger partial charge in [-0.25, -0.2) is 0 Å². The molecule has 0 radical (unpaired) electrons. The third-order valence-electron chi connectivity index (χ3n) is 7.15. The van der Waals surface area contributed by atoms with E-state index in [1.54, 1.807) is 6.26 Å². The Hall–Kier alpha value is -2.50. The topological polar surface area (TPSA) is 67.5 Å². The van der Waals surface area contributed by atoms with Crippen molar-refractivity contribution < 1.29 is 14.0 Å². The quantitative estimate of drug-likeness (QED) is 0.734. The third kappa shape index (κ3) is 4.04. The number of hydrogen-bond acceptors (Lipinski definition) is 3. The van der Waals surface area contributed by atoms with Gasteiger partial charge in [0.25, 0.3) is 5.91 Å². The van der Waals surface area contributed by atoms with Crippen molar-refractivity contribution in [2.75, 3.05) is 0 Å². The van der Waals surface area contributed by atoms with E-state index in [2.05, 4.69) is 12.2 Å². The van der Waals surface area contributed by atoms with Crippen LogP contribution in [0.25, 0.3) is 11.5 Å². The van der Waals surface area contributed by atoms with Gasteiger partial charge in [-0.1, -0.05) is 39.0 Å². The molecule has 6 heteroatoms. The van der Waals surface area contributed by atoms with Crippen LogP contribution in [0, 0.1) is 0 Å². The maximum absolute atomic E-state index is 13.8. The van der Waals surface area contributed by atoms with Crippen LogP contribution < -0.4 is 5.32 Å². The average Bonchev–Trinajstić information content (AvgIpc) is 3.39. The van der Waals surface area contributed by atoms with E-state index in [1.807, 2.05) is 47.6 Å². The van der Waals surface area contributed by atoms with Gasteiger partial charge in [-0.3, -0.25) is 9.59 Å². The number of carbonyl (C=O) groups is 2. The van der Waals surface area contributed by atoms with Crippen LogP contribution in [0.4, 0.5) is 0 Å². The van der Waals surface area contributed by atoms with Crippen LogP contribution in [-0.2, 0) is 11.3 Å². The van der Waals surface area contributed by atoms with Gasteiger partial charge in [-0.2, -0.15) is 0 Å². The van der Waals surface area contributed by atoms with E-state index in [9.17, 15) is 9.59 Å². The zero-order valence-corrected chi connectivity index (χ0v) is 19.0. The van der Waals surface area contributed by atoms with Gasteiger partial charge >= 0.3 is 0 Å². The van der Waals surface area contributed by atoms with Crippen LogP contribution in [0.3, 0.4) is 0 Å². The molecule has 2 aromatic rings. The minimum absolute atomic E-state index is 0.0312. The molecule has 31 heavy (non-hydrogen) atoms. The van der Waals surface area contributed by atoms with Crippen molar-refractivity contribution in [3.8, 4) is 11.5 Å². The fraction of sp³-hybridized carbons (Fsp3) is 0.600. The second kappa shape index (κ2) is 8.93. The molecular formula is C25H35N3O3. The molecule has 1 fully saturated rings. The average molecular weight is 426 g/mol. The smallest absolute Gasteiger partial charge is 0.271 e. The van der Waals surface area contributed by atoms with Crippen LogP contribution in [0.5, 0.6) is 0 Å². The minimum Gasteiger partial charge on any atom is -0.463 e. The lowest BCUT2D eigenvalue weighted by Crippen LogP contribution is -2.67. The summed E-state index contributed by atoms with van der Waals surface area (Å²) in [5.41, 5.74) is 0.493. The van der Waals surface area contributed by atoms with Crippen molar-refractivity contribution >= 4 is 11.8 Å². The zero-order valence-electron chi connectivity index (χ0n) is 19.0. The van der Waals surface area contributed by atoms with E-state index < -0.39 is 5.54 Å². The Morgan fingerprint density at radius 1 is 1.16 bits per heavy atom. The van der Waals surface area contributed by atoms with Crippen molar-refractivity contribution in [2.24, 2.45) is 0 Å². The van der Waals surface area contributed by atoms with Crippen molar-refractivity contribution in [2.45, 2.75) is 96.3 Å². The number of rotatable bonds is 5. The number of furan rings is 1. The predicted octanol–water partition coefficient (Wildman–Crippen LogP) is 4.99. The molecule has 2 atom stereocenters. The Bertz CT molecular complexity index is 909. The molecule has 3 heterocycles.